The van der Waals surface area contributed by atoms with Gasteiger partial charge in [0.2, 0.25) is 0 Å². The molecule has 4 heterocycles. The number of nitrogens with zero attached hydrogens (tertiary/aromatic N) is 5. The Morgan fingerprint density at radius 1 is 1.21 bits per heavy atom. The first kappa shape index (κ1) is 23.4. The van der Waals surface area contributed by atoms with Crippen molar-refractivity contribution in [1.82, 2.24) is 24.5 Å². The van der Waals surface area contributed by atoms with E-state index in [0.29, 0.717) is 29.1 Å². The quantitative estimate of drug-likeness (QED) is 0.439. The second kappa shape index (κ2) is 8.24. The standard InChI is InChI=1S/C21H20F3N7O2S/c1-5-31-10(3)12(8-26-31)11-7-14(21(22,23)24)27-20-15(11)16(17(34-20)18(25)32)28-19(33)13-6-9(2)30(4)29-13/h6-8H,5H2,1-4H3,(H2,25,32)(H,28,33). The summed E-state index contributed by atoms with van der Waals surface area (Å²) in [4.78, 5) is 28.7. The molecular weight excluding hydrogens is 471 g/mol. The van der Waals surface area contributed by atoms with E-state index in [2.05, 4.69) is 20.5 Å². The van der Waals surface area contributed by atoms with E-state index in [0.717, 1.165) is 11.8 Å². The van der Waals surface area contributed by atoms with Crippen LogP contribution in [0.1, 0.15) is 44.2 Å². The summed E-state index contributed by atoms with van der Waals surface area (Å²) in [7, 11) is 1.66. The number of anilines is 1. The van der Waals surface area contributed by atoms with Gasteiger partial charge in [0.05, 0.1) is 11.9 Å². The fourth-order valence-electron chi connectivity index (χ4n) is 3.63. The highest BCUT2D eigenvalue weighted by Gasteiger charge is 2.35. The van der Waals surface area contributed by atoms with E-state index >= 15 is 0 Å². The first-order valence-corrected chi connectivity index (χ1v) is 10.9. The van der Waals surface area contributed by atoms with Gasteiger partial charge in [-0.25, -0.2) is 4.98 Å². The van der Waals surface area contributed by atoms with Gasteiger partial charge in [-0.3, -0.25) is 19.0 Å². The molecule has 0 aliphatic carbocycles. The number of nitrogens with one attached hydrogen (secondary N) is 1. The molecular formula is C21H20F3N7O2S. The molecule has 4 aromatic rings. The van der Waals surface area contributed by atoms with Gasteiger partial charge in [0.1, 0.15) is 15.4 Å². The molecule has 0 radical (unpaired) electrons. The molecule has 4 aromatic heterocycles. The van der Waals surface area contributed by atoms with Crippen LogP contribution in [0.15, 0.2) is 18.3 Å². The number of halogens is 3. The van der Waals surface area contributed by atoms with E-state index in [1.54, 1.807) is 31.6 Å². The van der Waals surface area contributed by atoms with Gasteiger partial charge in [0.25, 0.3) is 11.8 Å². The SMILES string of the molecule is CCn1ncc(-c2cc(C(F)(F)F)nc3sc(C(N)=O)c(NC(=O)c4cc(C)n(C)n4)c23)c1C. The largest absolute Gasteiger partial charge is 0.433 e. The zero-order valence-corrected chi connectivity index (χ0v) is 19.4. The van der Waals surface area contributed by atoms with Crippen LogP contribution >= 0.6 is 11.3 Å². The first-order valence-electron chi connectivity index (χ1n) is 10.1. The highest BCUT2D eigenvalue weighted by Crippen LogP contribution is 2.44. The predicted octanol–water partition coefficient (Wildman–Crippen LogP) is 3.90. The van der Waals surface area contributed by atoms with E-state index in [1.807, 2.05) is 6.92 Å². The highest BCUT2D eigenvalue weighted by molar-refractivity contribution is 7.21. The summed E-state index contributed by atoms with van der Waals surface area (Å²) in [5, 5.41) is 11.1. The van der Waals surface area contributed by atoms with Crippen LogP contribution in [0.4, 0.5) is 18.9 Å². The van der Waals surface area contributed by atoms with Crippen LogP contribution in [0.5, 0.6) is 0 Å². The van der Waals surface area contributed by atoms with Gasteiger partial charge in [-0.05, 0) is 38.5 Å². The molecule has 0 saturated heterocycles. The fourth-order valence-corrected chi connectivity index (χ4v) is 4.63. The number of primary amides is 1. The number of aryl methyl sites for hydroxylation is 3. The van der Waals surface area contributed by atoms with Crippen LogP contribution in [-0.4, -0.2) is 36.4 Å². The van der Waals surface area contributed by atoms with Gasteiger partial charge in [-0.1, -0.05) is 0 Å². The third-order valence-corrected chi connectivity index (χ3v) is 6.55. The number of carbonyl (C=O) groups excluding carboxylic acids is 2. The highest BCUT2D eigenvalue weighted by atomic mass is 32.1. The number of thiophene rings is 1. The maximum atomic E-state index is 13.7. The molecule has 0 aliphatic heterocycles. The normalized spacial score (nSPS) is 11.9. The van der Waals surface area contributed by atoms with Gasteiger partial charge in [0.15, 0.2) is 5.69 Å². The predicted molar refractivity (Wildman–Crippen MR) is 121 cm³/mol. The summed E-state index contributed by atoms with van der Waals surface area (Å²) < 4.78 is 44.1. The summed E-state index contributed by atoms with van der Waals surface area (Å²) in [5.41, 5.74) is 6.34. The van der Waals surface area contributed by atoms with Crippen molar-refractivity contribution in [2.24, 2.45) is 12.8 Å². The minimum Gasteiger partial charge on any atom is -0.365 e. The van der Waals surface area contributed by atoms with E-state index < -0.39 is 23.7 Å². The van der Waals surface area contributed by atoms with Crippen LogP contribution in [0.3, 0.4) is 0 Å². The number of fused-ring (bicyclic) bond motifs is 1. The average Bonchev–Trinajstić information content (AvgIpc) is 3.42. The maximum absolute atomic E-state index is 13.7. The van der Waals surface area contributed by atoms with Crippen molar-refractivity contribution in [3.8, 4) is 11.1 Å². The molecule has 0 aromatic carbocycles. The summed E-state index contributed by atoms with van der Waals surface area (Å²) in [6.45, 7) is 5.84. The molecule has 4 rings (SSSR count). The number of alkyl halides is 3. The Balaban J connectivity index is 2.00. The number of hydrogen-bond acceptors (Lipinski definition) is 6. The molecule has 0 aliphatic rings. The molecule has 34 heavy (non-hydrogen) atoms. The number of aromatic nitrogens is 5. The summed E-state index contributed by atoms with van der Waals surface area (Å²) in [6, 6.07) is 2.44. The van der Waals surface area contributed by atoms with Crippen molar-refractivity contribution in [1.29, 1.82) is 0 Å². The van der Waals surface area contributed by atoms with Crippen molar-refractivity contribution in [2.45, 2.75) is 33.5 Å². The van der Waals surface area contributed by atoms with Crippen LogP contribution in [0, 0.1) is 13.8 Å². The molecule has 0 saturated carbocycles. The molecule has 0 unspecified atom stereocenters. The van der Waals surface area contributed by atoms with Crippen LogP contribution < -0.4 is 11.1 Å². The third-order valence-electron chi connectivity index (χ3n) is 5.45. The van der Waals surface area contributed by atoms with Crippen molar-refractivity contribution < 1.29 is 22.8 Å². The Bertz CT molecular complexity index is 1430. The zero-order chi connectivity index (χ0) is 24.9. The molecule has 0 atom stereocenters. The molecule has 13 heteroatoms. The minimum atomic E-state index is -4.73. The van der Waals surface area contributed by atoms with E-state index in [4.69, 9.17) is 5.73 Å². The first-order chi connectivity index (χ1) is 15.9. The van der Waals surface area contributed by atoms with Crippen molar-refractivity contribution in [2.75, 3.05) is 5.32 Å². The second-order valence-corrected chi connectivity index (χ2v) is 8.61. The summed E-state index contributed by atoms with van der Waals surface area (Å²) >= 11 is 0.682. The summed E-state index contributed by atoms with van der Waals surface area (Å²) in [6.07, 6.45) is -3.29. The van der Waals surface area contributed by atoms with E-state index in [1.165, 1.54) is 10.9 Å². The van der Waals surface area contributed by atoms with Crippen LogP contribution in [0.25, 0.3) is 21.3 Å². The van der Waals surface area contributed by atoms with Crippen molar-refractivity contribution in [3.05, 3.63) is 46.0 Å². The molecule has 0 spiro atoms. The molecule has 9 nitrogen and oxygen atoms in total. The topological polar surface area (TPSA) is 121 Å². The monoisotopic (exact) mass is 491 g/mol. The van der Waals surface area contributed by atoms with Gasteiger partial charge in [0, 0.05) is 35.9 Å². The van der Waals surface area contributed by atoms with Crippen LogP contribution in [-0.2, 0) is 19.8 Å². The number of amides is 2. The molecule has 3 N–H and O–H groups in total. The summed E-state index contributed by atoms with van der Waals surface area (Å²) in [5.74, 6) is -1.55. The molecule has 0 bridgehead atoms. The molecule has 0 fully saturated rings. The lowest BCUT2D eigenvalue weighted by Gasteiger charge is -2.12. The minimum absolute atomic E-state index is 0.0133. The van der Waals surface area contributed by atoms with Crippen molar-refractivity contribution in [3.63, 3.8) is 0 Å². The number of carbonyl (C=O) groups is 2. The lowest BCUT2D eigenvalue weighted by Crippen LogP contribution is -2.17. The second-order valence-electron chi connectivity index (χ2n) is 7.61. The van der Waals surface area contributed by atoms with Gasteiger partial charge in [-0.15, -0.1) is 11.3 Å². The number of pyridine rings is 1. The third kappa shape index (κ3) is 3.91. The Hall–Kier alpha value is -3.74. The van der Waals surface area contributed by atoms with E-state index in [9.17, 15) is 22.8 Å². The molecule has 2 amide bonds. The Morgan fingerprint density at radius 3 is 2.44 bits per heavy atom. The Labute approximate surface area is 195 Å². The smallest absolute Gasteiger partial charge is 0.365 e. The number of hydrogen-bond donors (Lipinski definition) is 2. The zero-order valence-electron chi connectivity index (χ0n) is 18.6. The number of nitrogens with two attached hydrogens (primary N) is 1. The maximum Gasteiger partial charge on any atom is 0.433 e. The Kier molecular flexibility index (Phi) is 5.67. The van der Waals surface area contributed by atoms with Crippen LogP contribution in [0.2, 0.25) is 0 Å². The van der Waals surface area contributed by atoms with Gasteiger partial charge < -0.3 is 11.1 Å². The lowest BCUT2D eigenvalue weighted by atomic mass is 10.0. The van der Waals surface area contributed by atoms with Gasteiger partial charge in [-0.2, -0.15) is 23.4 Å². The fraction of sp³-hybridized carbons (Fsp3) is 0.286. The number of rotatable bonds is 5. The molecule has 178 valence electrons. The van der Waals surface area contributed by atoms with Crippen molar-refractivity contribution >= 4 is 39.1 Å². The van der Waals surface area contributed by atoms with Gasteiger partial charge >= 0.3 is 6.18 Å². The average molecular weight is 491 g/mol. The Morgan fingerprint density at radius 2 is 1.91 bits per heavy atom. The lowest BCUT2D eigenvalue weighted by molar-refractivity contribution is -0.140. The van der Waals surface area contributed by atoms with E-state index in [-0.39, 0.29) is 32.0 Å².